The third-order valence-corrected chi connectivity index (χ3v) is 8.16. The molecule has 1 aliphatic carbocycles. The van der Waals surface area contributed by atoms with Gasteiger partial charge in [-0.25, -0.2) is 29.4 Å². The topological polar surface area (TPSA) is 154 Å². The number of ether oxygens (including phenoxy) is 1. The summed E-state index contributed by atoms with van der Waals surface area (Å²) in [5.41, 5.74) is 11.5. The van der Waals surface area contributed by atoms with Crippen LogP contribution in [-0.4, -0.2) is 72.0 Å². The lowest BCUT2D eigenvalue weighted by atomic mass is 10.1. The molecule has 2 aliphatic rings. The van der Waals surface area contributed by atoms with Crippen molar-refractivity contribution in [2.75, 3.05) is 36.8 Å². The molecule has 5 heterocycles. The van der Waals surface area contributed by atoms with Crippen molar-refractivity contribution in [2.45, 2.75) is 52.2 Å². The third-order valence-electron chi connectivity index (χ3n) is 8.16. The molecule has 0 radical (unpaired) electrons. The third kappa shape index (κ3) is 5.07. The Labute approximate surface area is 254 Å². The SMILES string of the molecule is Cc1nc(-c2c(-c3nn(C(C)C)c4ncnc(N)c34)noc2C2CC2)ncc1N1CCN(C(=O)OCc2ccccc2)CC1. The summed E-state index contributed by atoms with van der Waals surface area (Å²) in [5.74, 6) is 1.87. The van der Waals surface area contributed by atoms with E-state index in [9.17, 15) is 4.79 Å². The predicted octanol–water partition coefficient (Wildman–Crippen LogP) is 4.75. The normalized spacial score (nSPS) is 15.4. The van der Waals surface area contributed by atoms with Crippen LogP contribution >= 0.6 is 0 Å². The van der Waals surface area contributed by atoms with Crippen LogP contribution in [0.3, 0.4) is 0 Å². The van der Waals surface area contributed by atoms with Crippen molar-refractivity contribution in [3.05, 3.63) is 59.9 Å². The van der Waals surface area contributed by atoms with Crippen LogP contribution in [0, 0.1) is 6.92 Å². The van der Waals surface area contributed by atoms with Crippen LogP contribution < -0.4 is 10.6 Å². The molecule has 1 saturated heterocycles. The van der Waals surface area contributed by atoms with Crippen molar-refractivity contribution < 1.29 is 14.1 Å². The summed E-state index contributed by atoms with van der Waals surface area (Å²) < 4.78 is 13.3. The molecule has 7 rings (SSSR count). The zero-order valence-electron chi connectivity index (χ0n) is 25.0. The molecule has 2 N–H and O–H groups in total. The summed E-state index contributed by atoms with van der Waals surface area (Å²) in [6.45, 7) is 8.69. The molecule has 226 valence electrons. The van der Waals surface area contributed by atoms with E-state index in [1.807, 2.05) is 62.0 Å². The van der Waals surface area contributed by atoms with Gasteiger partial charge in [0.1, 0.15) is 30.1 Å². The van der Waals surface area contributed by atoms with Gasteiger partial charge >= 0.3 is 6.09 Å². The number of hydrogen-bond acceptors (Lipinski definition) is 11. The number of nitrogens with zero attached hydrogens (tertiary/aromatic N) is 9. The second-order valence-corrected chi connectivity index (χ2v) is 11.6. The molecule has 0 spiro atoms. The fraction of sp³-hybridized carbons (Fsp3) is 0.387. The van der Waals surface area contributed by atoms with Crippen LogP contribution in [0.2, 0.25) is 0 Å². The van der Waals surface area contributed by atoms with Gasteiger partial charge in [-0.3, -0.25) is 0 Å². The van der Waals surface area contributed by atoms with Crippen LogP contribution in [0.25, 0.3) is 33.8 Å². The van der Waals surface area contributed by atoms with Crippen LogP contribution in [-0.2, 0) is 11.3 Å². The van der Waals surface area contributed by atoms with Crippen LogP contribution in [0.15, 0.2) is 47.4 Å². The highest BCUT2D eigenvalue weighted by Gasteiger charge is 2.36. The van der Waals surface area contributed by atoms with E-state index in [1.165, 1.54) is 6.33 Å². The van der Waals surface area contributed by atoms with Crippen molar-refractivity contribution in [1.82, 2.24) is 39.8 Å². The fourth-order valence-corrected chi connectivity index (χ4v) is 5.66. The van der Waals surface area contributed by atoms with E-state index in [0.29, 0.717) is 60.2 Å². The maximum absolute atomic E-state index is 12.7. The summed E-state index contributed by atoms with van der Waals surface area (Å²) in [6, 6.07) is 9.73. The Morgan fingerprint density at radius 1 is 1.07 bits per heavy atom. The van der Waals surface area contributed by atoms with Gasteiger partial charge in [0.15, 0.2) is 17.2 Å². The Hall–Kier alpha value is -5.07. The lowest BCUT2D eigenvalue weighted by Crippen LogP contribution is -2.49. The summed E-state index contributed by atoms with van der Waals surface area (Å²) >= 11 is 0. The number of anilines is 2. The lowest BCUT2D eigenvalue weighted by Gasteiger charge is -2.35. The van der Waals surface area contributed by atoms with Gasteiger partial charge in [0.25, 0.3) is 0 Å². The fourth-order valence-electron chi connectivity index (χ4n) is 5.66. The number of benzene rings is 1. The summed E-state index contributed by atoms with van der Waals surface area (Å²) in [4.78, 5) is 35.1. The molecule has 13 nitrogen and oxygen atoms in total. The number of nitrogen functional groups attached to an aromatic ring is 1. The first-order valence-corrected chi connectivity index (χ1v) is 14.9. The molecule has 1 amide bonds. The van der Waals surface area contributed by atoms with Gasteiger partial charge in [-0.15, -0.1) is 0 Å². The maximum Gasteiger partial charge on any atom is 0.410 e. The van der Waals surface area contributed by atoms with Crippen molar-refractivity contribution >= 4 is 28.6 Å². The van der Waals surface area contributed by atoms with Crippen LogP contribution in [0.5, 0.6) is 0 Å². The highest BCUT2D eigenvalue weighted by Crippen LogP contribution is 2.48. The molecular formula is C31H34N10O3. The number of rotatable bonds is 7. The average molecular weight is 595 g/mol. The molecule has 4 aromatic heterocycles. The van der Waals surface area contributed by atoms with E-state index in [0.717, 1.165) is 41.1 Å². The number of carbonyl (C=O) groups excluding carboxylic acids is 1. The monoisotopic (exact) mass is 594 g/mol. The van der Waals surface area contributed by atoms with Gasteiger partial charge in [0.05, 0.1) is 28.5 Å². The first kappa shape index (κ1) is 27.7. The number of carbonyl (C=O) groups is 1. The Balaban J connectivity index is 1.14. The van der Waals surface area contributed by atoms with E-state index in [4.69, 9.17) is 30.1 Å². The van der Waals surface area contributed by atoms with E-state index in [2.05, 4.69) is 20.0 Å². The highest BCUT2D eigenvalue weighted by molar-refractivity contribution is 6.00. The second-order valence-electron chi connectivity index (χ2n) is 11.6. The van der Waals surface area contributed by atoms with Gasteiger partial charge in [0, 0.05) is 38.1 Å². The number of piperazine rings is 1. The number of fused-ring (bicyclic) bond motifs is 1. The van der Waals surface area contributed by atoms with E-state index in [1.54, 1.807) is 4.90 Å². The Kier molecular flexibility index (Phi) is 7.07. The molecule has 0 bridgehead atoms. The smallest absolute Gasteiger partial charge is 0.410 e. The van der Waals surface area contributed by atoms with Gasteiger partial charge in [-0.05, 0) is 39.2 Å². The van der Waals surface area contributed by atoms with Gasteiger partial charge in [0.2, 0.25) is 0 Å². The maximum atomic E-state index is 12.7. The first-order valence-electron chi connectivity index (χ1n) is 14.9. The number of amides is 1. The largest absolute Gasteiger partial charge is 0.445 e. The van der Waals surface area contributed by atoms with Crippen LogP contribution in [0.4, 0.5) is 16.3 Å². The standard InChI is InChI=1S/C31H34N10O3/c1-18(2)41-30-24(28(32)34-17-35-30)25(37-41)26-23(27(44-38-26)21-9-10-21)29-33-15-22(19(3)36-29)39-11-13-40(14-12-39)31(42)43-16-20-7-5-4-6-8-20/h4-8,15,17-18,21H,9-14,16H2,1-3H3,(H2,32,34,35). The molecule has 0 unspecified atom stereocenters. The lowest BCUT2D eigenvalue weighted by molar-refractivity contribution is 0.0942. The molecule has 1 saturated carbocycles. The van der Waals surface area contributed by atoms with Gasteiger partial charge in [-0.1, -0.05) is 35.5 Å². The minimum absolute atomic E-state index is 0.0442. The second kappa shape index (κ2) is 11.2. The Morgan fingerprint density at radius 3 is 2.55 bits per heavy atom. The molecule has 1 aromatic carbocycles. The molecular weight excluding hydrogens is 560 g/mol. The highest BCUT2D eigenvalue weighted by atomic mass is 16.6. The quantitative estimate of drug-likeness (QED) is 0.278. The summed E-state index contributed by atoms with van der Waals surface area (Å²) in [6.07, 6.45) is 5.02. The van der Waals surface area contributed by atoms with E-state index in [-0.39, 0.29) is 24.7 Å². The minimum Gasteiger partial charge on any atom is -0.445 e. The molecule has 1 aliphatic heterocycles. The first-order chi connectivity index (χ1) is 21.4. The predicted molar refractivity (Wildman–Crippen MR) is 164 cm³/mol. The summed E-state index contributed by atoms with van der Waals surface area (Å²) in [7, 11) is 0. The van der Waals surface area contributed by atoms with E-state index >= 15 is 0 Å². The van der Waals surface area contributed by atoms with Crippen molar-refractivity contribution in [3.8, 4) is 22.8 Å². The van der Waals surface area contributed by atoms with Crippen LogP contribution in [0.1, 0.15) is 55.7 Å². The zero-order valence-corrected chi connectivity index (χ0v) is 25.0. The average Bonchev–Trinajstić information content (AvgIpc) is 3.66. The molecule has 2 fully saturated rings. The minimum atomic E-state index is -0.303. The number of nitrogens with two attached hydrogens (primary N) is 1. The Bertz CT molecular complexity index is 1820. The van der Waals surface area contributed by atoms with Crippen molar-refractivity contribution in [1.29, 1.82) is 0 Å². The Morgan fingerprint density at radius 2 is 1.84 bits per heavy atom. The zero-order chi connectivity index (χ0) is 30.4. The van der Waals surface area contributed by atoms with Crippen molar-refractivity contribution in [2.24, 2.45) is 0 Å². The number of aryl methyl sites for hydroxylation is 1. The van der Waals surface area contributed by atoms with E-state index < -0.39 is 0 Å². The molecule has 44 heavy (non-hydrogen) atoms. The number of aromatic nitrogens is 7. The molecule has 5 aromatic rings. The van der Waals surface area contributed by atoms with Gasteiger partial charge in [-0.2, -0.15) is 5.10 Å². The van der Waals surface area contributed by atoms with Gasteiger partial charge < -0.3 is 24.8 Å². The molecule has 0 atom stereocenters. The summed E-state index contributed by atoms with van der Waals surface area (Å²) in [5, 5.41) is 9.99. The number of hydrogen-bond donors (Lipinski definition) is 1. The van der Waals surface area contributed by atoms with Crippen molar-refractivity contribution in [3.63, 3.8) is 0 Å². The molecule has 13 heteroatoms.